The van der Waals surface area contributed by atoms with Gasteiger partial charge in [0.05, 0.1) is 12.0 Å². The first-order valence-corrected chi connectivity index (χ1v) is 4.25. The van der Waals surface area contributed by atoms with Crippen LogP contribution in [0.15, 0.2) is 11.8 Å². The van der Waals surface area contributed by atoms with Gasteiger partial charge in [-0.3, -0.25) is 0 Å². The van der Waals surface area contributed by atoms with Crippen molar-refractivity contribution in [1.29, 1.82) is 5.26 Å². The van der Waals surface area contributed by atoms with Crippen LogP contribution >= 0.6 is 0 Å². The van der Waals surface area contributed by atoms with Gasteiger partial charge in [-0.2, -0.15) is 5.26 Å². The molecule has 0 radical (unpaired) electrons. The second kappa shape index (κ2) is 2.58. The van der Waals surface area contributed by atoms with Crippen LogP contribution in [0.3, 0.4) is 0 Å². The molecule has 1 aliphatic heterocycles. The third-order valence-electron chi connectivity index (χ3n) is 2.68. The molecule has 2 unspecified atom stereocenters. The number of hydrogen-bond donors (Lipinski definition) is 1. The first-order valence-electron chi connectivity index (χ1n) is 4.25. The molecule has 0 aromatic carbocycles. The molecule has 58 valence electrons. The fraction of sp³-hybridized carbons (Fsp3) is 0.667. The summed E-state index contributed by atoms with van der Waals surface area (Å²) in [4.78, 5) is 0. The number of nitrogens with one attached hydrogen (secondary N) is 1. The summed E-state index contributed by atoms with van der Waals surface area (Å²) in [6.45, 7) is 1.06. The van der Waals surface area contributed by atoms with Crippen molar-refractivity contribution in [3.05, 3.63) is 11.8 Å². The molecule has 1 heterocycles. The van der Waals surface area contributed by atoms with Crippen LogP contribution in [0, 0.1) is 23.2 Å². The van der Waals surface area contributed by atoms with E-state index in [0.29, 0.717) is 5.92 Å². The van der Waals surface area contributed by atoms with Crippen molar-refractivity contribution in [2.45, 2.75) is 19.3 Å². The Kier molecular flexibility index (Phi) is 1.58. The summed E-state index contributed by atoms with van der Waals surface area (Å²) in [6.07, 6.45) is 5.55. The maximum absolute atomic E-state index is 8.83. The van der Waals surface area contributed by atoms with Crippen LogP contribution in [0.4, 0.5) is 0 Å². The molecule has 0 saturated carbocycles. The second-order valence-electron chi connectivity index (χ2n) is 3.29. The van der Waals surface area contributed by atoms with E-state index in [1.807, 2.05) is 0 Å². The summed E-state index contributed by atoms with van der Waals surface area (Å²) in [5.41, 5.74) is 1.34. The van der Waals surface area contributed by atoms with Gasteiger partial charge in [0.2, 0.25) is 0 Å². The summed E-state index contributed by atoms with van der Waals surface area (Å²) in [5, 5.41) is 12.2. The molecule has 0 bridgehead atoms. The summed E-state index contributed by atoms with van der Waals surface area (Å²) in [5.74, 6) is 0.818. The van der Waals surface area contributed by atoms with Crippen molar-refractivity contribution in [1.82, 2.24) is 5.32 Å². The molecule has 0 spiro atoms. The van der Waals surface area contributed by atoms with Crippen LogP contribution in [0.2, 0.25) is 0 Å². The van der Waals surface area contributed by atoms with E-state index in [4.69, 9.17) is 5.26 Å². The van der Waals surface area contributed by atoms with E-state index < -0.39 is 0 Å². The molecule has 2 atom stereocenters. The molecule has 1 aliphatic carbocycles. The Bertz CT molecular complexity index is 224. The second-order valence-corrected chi connectivity index (χ2v) is 3.29. The molecule has 1 fully saturated rings. The van der Waals surface area contributed by atoms with Crippen molar-refractivity contribution < 1.29 is 0 Å². The van der Waals surface area contributed by atoms with Gasteiger partial charge in [-0.05, 0) is 19.3 Å². The first kappa shape index (κ1) is 6.72. The molecular formula is C9H12N2. The van der Waals surface area contributed by atoms with Crippen molar-refractivity contribution in [2.75, 3.05) is 6.54 Å². The van der Waals surface area contributed by atoms with E-state index in [1.165, 1.54) is 5.70 Å². The number of allylic oxidation sites excluding steroid dienone is 2. The number of hydrogen-bond acceptors (Lipinski definition) is 2. The van der Waals surface area contributed by atoms with E-state index in [9.17, 15) is 0 Å². The standard InChI is InChI=1S/C9H12N2/c10-6-7-2-1-3-9-8(7)4-5-11-9/h3,7-8,11H,1-2,4-5H2. The van der Waals surface area contributed by atoms with Crippen molar-refractivity contribution in [2.24, 2.45) is 11.8 Å². The smallest absolute Gasteiger partial charge is 0.0662 e. The topological polar surface area (TPSA) is 35.8 Å². The van der Waals surface area contributed by atoms with Gasteiger partial charge in [0.25, 0.3) is 0 Å². The quantitative estimate of drug-likeness (QED) is 0.564. The maximum Gasteiger partial charge on any atom is 0.0662 e. The number of rotatable bonds is 0. The van der Waals surface area contributed by atoms with Crippen LogP contribution in [0.25, 0.3) is 0 Å². The van der Waals surface area contributed by atoms with Gasteiger partial charge in [0, 0.05) is 18.2 Å². The van der Waals surface area contributed by atoms with Gasteiger partial charge in [0.15, 0.2) is 0 Å². The Morgan fingerprint density at radius 3 is 3.27 bits per heavy atom. The lowest BCUT2D eigenvalue weighted by molar-refractivity contribution is 0.429. The summed E-state index contributed by atoms with van der Waals surface area (Å²) >= 11 is 0. The normalized spacial score (nSPS) is 35.0. The van der Waals surface area contributed by atoms with E-state index in [1.54, 1.807) is 0 Å². The van der Waals surface area contributed by atoms with Crippen LogP contribution in [0.5, 0.6) is 0 Å². The lowest BCUT2D eigenvalue weighted by Gasteiger charge is -2.21. The first-order chi connectivity index (χ1) is 5.42. The Balaban J connectivity index is 2.20. The molecule has 2 heteroatoms. The van der Waals surface area contributed by atoms with Crippen LogP contribution in [-0.2, 0) is 0 Å². The van der Waals surface area contributed by atoms with Crippen LogP contribution in [0.1, 0.15) is 19.3 Å². The SMILES string of the molecule is N#CC1CCC=C2NCCC21. The van der Waals surface area contributed by atoms with Crippen LogP contribution < -0.4 is 5.32 Å². The molecule has 2 aliphatic rings. The third-order valence-corrected chi connectivity index (χ3v) is 2.68. The lowest BCUT2D eigenvalue weighted by atomic mass is 9.83. The van der Waals surface area contributed by atoms with E-state index >= 15 is 0 Å². The van der Waals surface area contributed by atoms with Gasteiger partial charge < -0.3 is 5.32 Å². The summed E-state index contributed by atoms with van der Waals surface area (Å²) in [6, 6.07) is 2.39. The zero-order chi connectivity index (χ0) is 7.68. The van der Waals surface area contributed by atoms with Gasteiger partial charge in [0.1, 0.15) is 0 Å². The lowest BCUT2D eigenvalue weighted by Crippen LogP contribution is -2.18. The number of nitriles is 1. The fourth-order valence-electron chi connectivity index (χ4n) is 2.07. The number of fused-ring (bicyclic) bond motifs is 1. The molecule has 0 aromatic rings. The number of nitrogens with zero attached hydrogens (tertiary/aromatic N) is 1. The zero-order valence-corrected chi connectivity index (χ0v) is 6.51. The Morgan fingerprint density at radius 2 is 2.45 bits per heavy atom. The molecule has 2 rings (SSSR count). The fourth-order valence-corrected chi connectivity index (χ4v) is 2.07. The summed E-state index contributed by atoms with van der Waals surface area (Å²) < 4.78 is 0. The maximum atomic E-state index is 8.83. The molecular weight excluding hydrogens is 136 g/mol. The van der Waals surface area contributed by atoms with Crippen molar-refractivity contribution in [3.63, 3.8) is 0 Å². The van der Waals surface area contributed by atoms with Crippen molar-refractivity contribution >= 4 is 0 Å². The predicted molar refractivity (Wildman–Crippen MR) is 42.5 cm³/mol. The third kappa shape index (κ3) is 1.01. The van der Waals surface area contributed by atoms with Gasteiger partial charge in [-0.25, -0.2) is 0 Å². The molecule has 0 amide bonds. The highest BCUT2D eigenvalue weighted by molar-refractivity contribution is 5.17. The average molecular weight is 148 g/mol. The minimum Gasteiger partial charge on any atom is -0.388 e. The van der Waals surface area contributed by atoms with E-state index in [0.717, 1.165) is 25.8 Å². The van der Waals surface area contributed by atoms with Gasteiger partial charge in [-0.1, -0.05) is 6.08 Å². The Morgan fingerprint density at radius 1 is 1.55 bits per heavy atom. The highest BCUT2D eigenvalue weighted by atomic mass is 14.9. The molecule has 1 N–H and O–H groups in total. The molecule has 11 heavy (non-hydrogen) atoms. The van der Waals surface area contributed by atoms with Crippen molar-refractivity contribution in [3.8, 4) is 6.07 Å². The molecule has 0 aromatic heterocycles. The molecule has 1 saturated heterocycles. The monoisotopic (exact) mass is 148 g/mol. The average Bonchev–Trinajstić information content (AvgIpc) is 2.50. The van der Waals surface area contributed by atoms with E-state index in [-0.39, 0.29) is 5.92 Å². The Hall–Kier alpha value is -0.970. The van der Waals surface area contributed by atoms with Crippen LogP contribution in [-0.4, -0.2) is 6.54 Å². The van der Waals surface area contributed by atoms with Gasteiger partial charge >= 0.3 is 0 Å². The Labute approximate surface area is 66.9 Å². The van der Waals surface area contributed by atoms with E-state index in [2.05, 4.69) is 17.5 Å². The highest BCUT2D eigenvalue weighted by Gasteiger charge is 2.30. The molecule has 2 nitrogen and oxygen atoms in total. The van der Waals surface area contributed by atoms with Gasteiger partial charge in [-0.15, -0.1) is 0 Å². The highest BCUT2D eigenvalue weighted by Crippen LogP contribution is 2.34. The minimum absolute atomic E-state index is 0.282. The largest absolute Gasteiger partial charge is 0.388 e. The minimum atomic E-state index is 0.282. The summed E-state index contributed by atoms with van der Waals surface area (Å²) in [7, 11) is 0. The zero-order valence-electron chi connectivity index (χ0n) is 6.51. The predicted octanol–water partition coefficient (Wildman–Crippen LogP) is 1.41.